The van der Waals surface area contributed by atoms with Crippen LogP contribution in [0.5, 0.6) is 11.5 Å². The molecule has 15 heavy (non-hydrogen) atoms. The van der Waals surface area contributed by atoms with Crippen LogP contribution in [0, 0.1) is 0 Å². The van der Waals surface area contributed by atoms with E-state index in [0.717, 1.165) is 0 Å². The van der Waals surface area contributed by atoms with Crippen LogP contribution in [0.1, 0.15) is 10.4 Å². The van der Waals surface area contributed by atoms with Gasteiger partial charge in [0.2, 0.25) is 5.02 Å². The Balaban J connectivity index is 3.24. The van der Waals surface area contributed by atoms with Crippen molar-refractivity contribution < 1.29 is 14.6 Å². The highest BCUT2D eigenvalue weighted by Crippen LogP contribution is 2.38. The summed E-state index contributed by atoms with van der Waals surface area (Å²) in [6.45, 7) is 0. The van der Waals surface area contributed by atoms with E-state index in [-0.39, 0.29) is 22.1 Å². The first-order valence-corrected chi connectivity index (χ1v) is 5.22. The van der Waals surface area contributed by atoms with Crippen LogP contribution in [0.25, 0.3) is 0 Å². The molecule has 0 heterocycles. The van der Waals surface area contributed by atoms with Crippen LogP contribution in [0.2, 0.25) is 5.02 Å². The molecule has 0 aliphatic carbocycles. The first-order chi connectivity index (χ1) is 6.93. The van der Waals surface area contributed by atoms with Crippen molar-refractivity contribution in [3.05, 3.63) is 22.7 Å². The molecule has 1 aromatic carbocycles. The number of hydrogen-bond acceptors (Lipinski definition) is 3. The maximum absolute atomic E-state index is 10.9. The standard InChI is InChI=1S/C8H4Cl4O3/c9-5-3(7(10)14)1-2-4(13)6(5)15-8(11)12/h1-2,8,13H. The fourth-order valence-electron chi connectivity index (χ4n) is 0.899. The number of hydrogen-bond donors (Lipinski definition) is 1. The molecule has 82 valence electrons. The first-order valence-electron chi connectivity index (χ1n) is 3.59. The van der Waals surface area contributed by atoms with Gasteiger partial charge in [-0.3, -0.25) is 4.79 Å². The molecular weight excluding hydrogens is 286 g/mol. The van der Waals surface area contributed by atoms with E-state index in [9.17, 15) is 9.90 Å². The Kier molecular flexibility index (Phi) is 4.34. The average molecular weight is 290 g/mol. The highest BCUT2D eigenvalue weighted by atomic mass is 35.5. The smallest absolute Gasteiger partial charge is 0.254 e. The molecule has 0 bridgehead atoms. The quantitative estimate of drug-likeness (QED) is 0.683. The molecule has 1 aromatic rings. The summed E-state index contributed by atoms with van der Waals surface area (Å²) in [6.07, 6.45) is 0. The molecule has 0 radical (unpaired) electrons. The van der Waals surface area contributed by atoms with Gasteiger partial charge >= 0.3 is 0 Å². The van der Waals surface area contributed by atoms with E-state index >= 15 is 0 Å². The van der Waals surface area contributed by atoms with Crippen molar-refractivity contribution in [2.75, 3.05) is 0 Å². The molecule has 0 fully saturated rings. The summed E-state index contributed by atoms with van der Waals surface area (Å²) in [5.41, 5.74) is 0.000108. The van der Waals surface area contributed by atoms with Crippen molar-refractivity contribution in [2.45, 2.75) is 5.02 Å². The van der Waals surface area contributed by atoms with Gasteiger partial charge in [-0.25, -0.2) is 0 Å². The summed E-state index contributed by atoms with van der Waals surface area (Å²) in [6, 6.07) is 2.46. The van der Waals surface area contributed by atoms with Crippen LogP contribution in [-0.4, -0.2) is 15.4 Å². The van der Waals surface area contributed by atoms with Crippen LogP contribution >= 0.6 is 46.4 Å². The summed E-state index contributed by atoms with van der Waals surface area (Å²) in [4.78, 5) is 10.9. The normalized spacial score (nSPS) is 10.5. The molecule has 3 nitrogen and oxygen atoms in total. The van der Waals surface area contributed by atoms with E-state index in [4.69, 9.17) is 51.1 Å². The van der Waals surface area contributed by atoms with E-state index in [1.807, 2.05) is 0 Å². The lowest BCUT2D eigenvalue weighted by molar-refractivity contribution is 0.108. The zero-order valence-corrected chi connectivity index (χ0v) is 10.0. The molecule has 0 aliphatic heterocycles. The van der Waals surface area contributed by atoms with E-state index in [0.29, 0.717) is 0 Å². The number of halogens is 4. The number of aromatic hydroxyl groups is 1. The second kappa shape index (κ2) is 5.12. The lowest BCUT2D eigenvalue weighted by Crippen LogP contribution is -2.02. The number of phenolic OH excluding ortho intramolecular Hbond substituents is 1. The third-order valence-corrected chi connectivity index (χ3v) is 2.25. The lowest BCUT2D eigenvalue weighted by Gasteiger charge is -2.11. The molecule has 1 N–H and O–H groups in total. The SMILES string of the molecule is O=C(Cl)c1ccc(O)c(OC(Cl)Cl)c1Cl. The zero-order chi connectivity index (χ0) is 11.6. The Morgan fingerprint density at radius 2 is 2.00 bits per heavy atom. The maximum atomic E-state index is 10.9. The topological polar surface area (TPSA) is 46.5 Å². The van der Waals surface area contributed by atoms with Gasteiger partial charge in [-0.15, -0.1) is 0 Å². The first kappa shape index (κ1) is 12.7. The van der Waals surface area contributed by atoms with Gasteiger partial charge in [-0.1, -0.05) is 34.8 Å². The molecule has 1 rings (SSSR count). The molecule has 0 spiro atoms. The second-order valence-electron chi connectivity index (χ2n) is 2.43. The predicted molar refractivity (Wildman–Crippen MR) is 59.4 cm³/mol. The number of carbonyl (C=O) groups excluding carboxylic acids is 1. The van der Waals surface area contributed by atoms with Crippen LogP contribution < -0.4 is 4.74 Å². The molecule has 7 heteroatoms. The van der Waals surface area contributed by atoms with Gasteiger partial charge in [0.1, 0.15) is 0 Å². The predicted octanol–water partition coefficient (Wildman–Crippen LogP) is 3.56. The van der Waals surface area contributed by atoms with Gasteiger partial charge in [-0.2, -0.15) is 0 Å². The number of benzene rings is 1. The summed E-state index contributed by atoms with van der Waals surface area (Å²) < 4.78 is 4.80. The van der Waals surface area contributed by atoms with Gasteiger partial charge in [0.15, 0.2) is 11.5 Å². The van der Waals surface area contributed by atoms with Gasteiger partial charge in [0, 0.05) is 0 Å². The van der Waals surface area contributed by atoms with Crippen molar-refractivity contribution in [1.29, 1.82) is 0 Å². The number of ether oxygens (including phenoxy) is 1. The Labute approximate surface area is 105 Å². The number of carbonyl (C=O) groups is 1. The molecule has 0 atom stereocenters. The fraction of sp³-hybridized carbons (Fsp3) is 0.125. The molecule has 0 aliphatic rings. The monoisotopic (exact) mass is 288 g/mol. The number of alkyl halides is 2. The highest BCUT2D eigenvalue weighted by Gasteiger charge is 2.18. The molecule has 0 aromatic heterocycles. The van der Waals surface area contributed by atoms with Crippen molar-refractivity contribution >= 4 is 51.6 Å². The second-order valence-corrected chi connectivity index (χ2v) is 4.16. The van der Waals surface area contributed by atoms with E-state index < -0.39 is 10.3 Å². The number of phenols is 1. The van der Waals surface area contributed by atoms with Crippen LogP contribution in [0.15, 0.2) is 12.1 Å². The van der Waals surface area contributed by atoms with Crippen molar-refractivity contribution in [3.63, 3.8) is 0 Å². The maximum Gasteiger partial charge on any atom is 0.254 e. The molecule has 0 unspecified atom stereocenters. The van der Waals surface area contributed by atoms with Gasteiger partial charge < -0.3 is 9.84 Å². The Morgan fingerprint density at radius 1 is 1.40 bits per heavy atom. The van der Waals surface area contributed by atoms with Crippen molar-refractivity contribution in [1.82, 2.24) is 0 Å². The third kappa shape index (κ3) is 3.05. The van der Waals surface area contributed by atoms with Crippen LogP contribution in [0.3, 0.4) is 0 Å². The molecule has 0 saturated heterocycles. The van der Waals surface area contributed by atoms with Gasteiger partial charge in [0.05, 0.1) is 10.6 Å². The third-order valence-electron chi connectivity index (χ3n) is 1.50. The summed E-state index contributed by atoms with van der Waals surface area (Å²) in [5.74, 6) is -0.467. The largest absolute Gasteiger partial charge is 0.504 e. The Hall–Kier alpha value is -0.350. The highest BCUT2D eigenvalue weighted by molar-refractivity contribution is 6.68. The average Bonchev–Trinajstić information content (AvgIpc) is 2.11. The minimum atomic E-state index is -1.21. The van der Waals surface area contributed by atoms with Crippen molar-refractivity contribution in [2.24, 2.45) is 0 Å². The van der Waals surface area contributed by atoms with Gasteiger partial charge in [-0.05, 0) is 23.7 Å². The fourth-order valence-corrected chi connectivity index (χ4v) is 1.57. The van der Waals surface area contributed by atoms with Gasteiger partial charge in [0.25, 0.3) is 5.24 Å². The molecule has 0 amide bonds. The Bertz CT molecular complexity index is 392. The summed E-state index contributed by atoms with van der Waals surface area (Å²) in [7, 11) is 0. The summed E-state index contributed by atoms with van der Waals surface area (Å²) in [5, 5.41) is 7.24. The summed E-state index contributed by atoms with van der Waals surface area (Å²) >= 11 is 21.7. The minimum absolute atomic E-state index is 0.000108. The van der Waals surface area contributed by atoms with E-state index in [2.05, 4.69) is 0 Å². The zero-order valence-electron chi connectivity index (χ0n) is 7.01. The molecular formula is C8H4Cl4O3. The minimum Gasteiger partial charge on any atom is -0.504 e. The Morgan fingerprint density at radius 3 is 2.47 bits per heavy atom. The van der Waals surface area contributed by atoms with E-state index in [1.165, 1.54) is 12.1 Å². The van der Waals surface area contributed by atoms with Crippen molar-refractivity contribution in [3.8, 4) is 11.5 Å². The molecule has 0 saturated carbocycles. The van der Waals surface area contributed by atoms with E-state index in [1.54, 1.807) is 0 Å². The number of rotatable bonds is 3. The van der Waals surface area contributed by atoms with Crippen LogP contribution in [-0.2, 0) is 0 Å². The van der Waals surface area contributed by atoms with Crippen LogP contribution in [0.4, 0.5) is 0 Å². The lowest BCUT2D eigenvalue weighted by atomic mass is 10.2.